The normalized spacial score (nSPS) is 11.2. The van der Waals surface area contributed by atoms with Crippen LogP contribution in [0.15, 0.2) is 60.9 Å². The zero-order valence-corrected chi connectivity index (χ0v) is 13.5. The Morgan fingerprint density at radius 2 is 2.04 bits per heavy atom. The smallest absolute Gasteiger partial charge is 0.239 e. The van der Waals surface area contributed by atoms with Gasteiger partial charge >= 0.3 is 0 Å². The molecule has 24 heavy (non-hydrogen) atoms. The number of halogens is 1. The van der Waals surface area contributed by atoms with Crippen molar-refractivity contribution in [2.24, 2.45) is 0 Å². The predicted molar refractivity (Wildman–Crippen MR) is 90.3 cm³/mol. The average molecular weight is 332 g/mol. The van der Waals surface area contributed by atoms with Gasteiger partial charge in [-0.05, 0) is 18.2 Å². The van der Waals surface area contributed by atoms with Crippen molar-refractivity contribution in [3.8, 4) is 0 Å². The fraction of sp³-hybridized carbons (Fsp3) is 0.222. The summed E-state index contributed by atoms with van der Waals surface area (Å²) in [6, 6.07) is 6.38. The second-order valence-corrected chi connectivity index (χ2v) is 4.80. The molecule has 0 atom stereocenters. The van der Waals surface area contributed by atoms with E-state index >= 15 is 0 Å². The Labute approximate surface area is 140 Å². The second-order valence-electron chi connectivity index (χ2n) is 4.80. The van der Waals surface area contributed by atoms with Gasteiger partial charge in [0.1, 0.15) is 18.2 Å². The minimum absolute atomic E-state index is 0.0529. The molecule has 0 aromatic heterocycles. The fourth-order valence-electron chi connectivity index (χ4n) is 1.62. The van der Waals surface area contributed by atoms with Gasteiger partial charge < -0.3 is 15.4 Å². The molecule has 0 bridgehead atoms. The van der Waals surface area contributed by atoms with Crippen molar-refractivity contribution in [3.63, 3.8) is 0 Å². The van der Waals surface area contributed by atoms with Gasteiger partial charge in [0, 0.05) is 19.0 Å². The van der Waals surface area contributed by atoms with Crippen LogP contribution in [0.5, 0.6) is 0 Å². The summed E-state index contributed by atoms with van der Waals surface area (Å²) in [5, 5.41) is 5.01. The lowest BCUT2D eigenvalue weighted by atomic mass is 10.2. The number of rotatable bonds is 9. The molecule has 0 aliphatic rings. The van der Waals surface area contributed by atoms with E-state index in [1.54, 1.807) is 36.4 Å². The minimum atomic E-state index is -0.321. The Kier molecular flexibility index (Phi) is 8.60. The highest BCUT2D eigenvalue weighted by molar-refractivity contribution is 5.83. The van der Waals surface area contributed by atoms with Crippen molar-refractivity contribution < 1.29 is 18.7 Å². The molecule has 6 heteroatoms. The molecule has 2 N–H and O–H groups in total. The van der Waals surface area contributed by atoms with Gasteiger partial charge in [-0.3, -0.25) is 9.59 Å². The van der Waals surface area contributed by atoms with Crippen molar-refractivity contribution in [2.45, 2.75) is 13.5 Å². The van der Waals surface area contributed by atoms with Crippen molar-refractivity contribution in [1.29, 1.82) is 0 Å². The van der Waals surface area contributed by atoms with Crippen molar-refractivity contribution in [3.05, 3.63) is 72.3 Å². The van der Waals surface area contributed by atoms with E-state index in [9.17, 15) is 14.0 Å². The summed E-state index contributed by atoms with van der Waals surface area (Å²) in [5.74, 6) is -0.373. The van der Waals surface area contributed by atoms with Crippen LogP contribution in [0, 0.1) is 5.82 Å². The van der Waals surface area contributed by atoms with Crippen LogP contribution in [0.3, 0.4) is 0 Å². The SMILES string of the molecule is C=C/C(=C\C=C\CNC(=O)CNC(C)=O)OCc1ccccc1F. The highest BCUT2D eigenvalue weighted by Crippen LogP contribution is 2.10. The Hall–Kier alpha value is -2.89. The highest BCUT2D eigenvalue weighted by Gasteiger charge is 2.01. The number of hydrogen-bond donors (Lipinski definition) is 2. The van der Waals surface area contributed by atoms with E-state index in [-0.39, 0.29) is 30.8 Å². The monoisotopic (exact) mass is 332 g/mol. The maximum Gasteiger partial charge on any atom is 0.239 e. The van der Waals surface area contributed by atoms with E-state index < -0.39 is 0 Å². The summed E-state index contributed by atoms with van der Waals surface area (Å²) < 4.78 is 18.9. The second kappa shape index (κ2) is 10.8. The van der Waals surface area contributed by atoms with Crippen molar-refractivity contribution in [2.75, 3.05) is 13.1 Å². The van der Waals surface area contributed by atoms with Gasteiger partial charge in [-0.2, -0.15) is 0 Å². The van der Waals surface area contributed by atoms with Gasteiger partial charge in [0.25, 0.3) is 0 Å². The van der Waals surface area contributed by atoms with Crippen LogP contribution in [0.25, 0.3) is 0 Å². The predicted octanol–water partition coefficient (Wildman–Crippen LogP) is 2.22. The summed E-state index contributed by atoms with van der Waals surface area (Å²) in [5.41, 5.74) is 0.458. The van der Waals surface area contributed by atoms with Crippen molar-refractivity contribution >= 4 is 11.8 Å². The summed E-state index contributed by atoms with van der Waals surface area (Å²) in [7, 11) is 0. The molecule has 1 aromatic rings. The molecule has 5 nitrogen and oxygen atoms in total. The molecule has 0 saturated heterocycles. The maximum atomic E-state index is 13.5. The number of allylic oxidation sites excluding steroid dienone is 3. The molecule has 1 aromatic carbocycles. The first-order chi connectivity index (χ1) is 11.5. The number of benzene rings is 1. The zero-order valence-electron chi connectivity index (χ0n) is 13.5. The van der Waals surface area contributed by atoms with Gasteiger partial charge in [0.15, 0.2) is 0 Å². The first-order valence-electron chi connectivity index (χ1n) is 7.39. The summed E-state index contributed by atoms with van der Waals surface area (Å²) in [6.07, 6.45) is 6.58. The molecule has 0 aliphatic carbocycles. The fourth-order valence-corrected chi connectivity index (χ4v) is 1.62. The molecule has 0 heterocycles. The third-order valence-electron chi connectivity index (χ3n) is 2.86. The Bertz CT molecular complexity index is 639. The number of hydrogen-bond acceptors (Lipinski definition) is 3. The van der Waals surface area contributed by atoms with E-state index in [0.29, 0.717) is 17.9 Å². The Morgan fingerprint density at radius 3 is 2.71 bits per heavy atom. The number of amides is 2. The number of nitrogens with one attached hydrogen (secondary N) is 2. The summed E-state index contributed by atoms with van der Waals surface area (Å²) in [6.45, 7) is 5.34. The van der Waals surface area contributed by atoms with Crippen LogP contribution in [-0.2, 0) is 20.9 Å². The van der Waals surface area contributed by atoms with Crippen LogP contribution in [0.4, 0.5) is 4.39 Å². The lowest BCUT2D eigenvalue weighted by Crippen LogP contribution is -2.35. The first-order valence-corrected chi connectivity index (χ1v) is 7.39. The number of ether oxygens (including phenoxy) is 1. The molecule has 2 amide bonds. The third-order valence-corrected chi connectivity index (χ3v) is 2.86. The standard InChI is InChI=1S/C18H21FN2O3/c1-3-16(24-13-15-8-4-5-10-17(15)19)9-6-7-11-20-18(23)12-21-14(2)22/h3-10H,1,11-13H2,2H3,(H,20,23)(H,21,22)/b7-6+,16-9+. The van der Waals surface area contributed by atoms with Crippen LogP contribution >= 0.6 is 0 Å². The summed E-state index contributed by atoms with van der Waals surface area (Å²) in [4.78, 5) is 22.0. The largest absolute Gasteiger partial charge is 0.489 e. The van der Waals surface area contributed by atoms with Crippen LogP contribution in [0.2, 0.25) is 0 Å². The minimum Gasteiger partial charge on any atom is -0.489 e. The van der Waals surface area contributed by atoms with E-state index in [1.807, 2.05) is 0 Å². The van der Waals surface area contributed by atoms with Crippen molar-refractivity contribution in [1.82, 2.24) is 10.6 Å². The molecule has 128 valence electrons. The first kappa shape index (κ1) is 19.2. The average Bonchev–Trinajstić information content (AvgIpc) is 2.56. The van der Waals surface area contributed by atoms with Gasteiger partial charge in [-0.25, -0.2) is 4.39 Å². The van der Waals surface area contributed by atoms with Crippen LogP contribution in [0.1, 0.15) is 12.5 Å². The molecule has 0 spiro atoms. The van der Waals surface area contributed by atoms with E-state index in [0.717, 1.165) is 0 Å². The topological polar surface area (TPSA) is 67.4 Å². The highest BCUT2D eigenvalue weighted by atomic mass is 19.1. The molecule has 0 radical (unpaired) electrons. The molecular weight excluding hydrogens is 311 g/mol. The number of carbonyl (C=O) groups is 2. The van der Waals surface area contributed by atoms with Gasteiger partial charge in [0.2, 0.25) is 11.8 Å². The molecular formula is C18H21FN2O3. The lowest BCUT2D eigenvalue weighted by Gasteiger charge is -2.07. The Morgan fingerprint density at radius 1 is 1.29 bits per heavy atom. The van der Waals surface area contributed by atoms with Gasteiger partial charge in [0.05, 0.1) is 6.54 Å². The van der Waals surface area contributed by atoms with E-state index in [1.165, 1.54) is 19.1 Å². The lowest BCUT2D eigenvalue weighted by molar-refractivity contribution is -0.124. The quantitative estimate of drug-likeness (QED) is 0.538. The molecule has 0 fully saturated rings. The molecule has 0 aliphatic heterocycles. The summed E-state index contributed by atoms with van der Waals surface area (Å²) >= 11 is 0. The van der Waals surface area contributed by atoms with Gasteiger partial charge in [-0.1, -0.05) is 36.9 Å². The van der Waals surface area contributed by atoms with Gasteiger partial charge in [-0.15, -0.1) is 0 Å². The van der Waals surface area contributed by atoms with E-state index in [4.69, 9.17) is 4.74 Å². The Balaban J connectivity index is 2.37. The molecule has 1 rings (SSSR count). The van der Waals surface area contributed by atoms with Crippen LogP contribution < -0.4 is 10.6 Å². The molecule has 0 unspecified atom stereocenters. The number of carbonyl (C=O) groups excluding carboxylic acids is 2. The maximum absolute atomic E-state index is 13.5. The van der Waals surface area contributed by atoms with E-state index in [2.05, 4.69) is 17.2 Å². The van der Waals surface area contributed by atoms with Crippen LogP contribution in [-0.4, -0.2) is 24.9 Å². The third kappa shape index (κ3) is 7.93. The zero-order chi connectivity index (χ0) is 17.8. The molecule has 0 saturated carbocycles.